The highest BCUT2D eigenvalue weighted by molar-refractivity contribution is 5.94. The zero-order valence-electron chi connectivity index (χ0n) is 8.37. The Kier molecular flexibility index (Phi) is 3.09. The molecule has 0 bridgehead atoms. The molecule has 1 saturated heterocycles. The van der Waals surface area contributed by atoms with Crippen LogP contribution in [0.2, 0.25) is 0 Å². The number of amides is 1. The Morgan fingerprint density at radius 1 is 1.50 bits per heavy atom. The van der Waals surface area contributed by atoms with Gasteiger partial charge in [0.1, 0.15) is 6.10 Å². The van der Waals surface area contributed by atoms with Crippen molar-refractivity contribution in [1.82, 2.24) is 4.98 Å². The Labute approximate surface area is 90.6 Å². The number of nitrogens with one attached hydrogen (secondary N) is 1. The molecule has 1 aliphatic rings. The number of hydrogen-bond acceptors (Lipinski definition) is 3. The van der Waals surface area contributed by atoms with Gasteiger partial charge in [0.05, 0.1) is 5.69 Å². The average Bonchev–Trinajstić information content (AvgIpc) is 2.75. The van der Waals surface area contributed by atoms with E-state index in [9.17, 15) is 13.6 Å². The molecule has 1 N–H and O–H groups in total. The summed E-state index contributed by atoms with van der Waals surface area (Å²) in [6.07, 6.45) is 0.870. The summed E-state index contributed by atoms with van der Waals surface area (Å²) in [7, 11) is 0. The summed E-state index contributed by atoms with van der Waals surface area (Å²) >= 11 is 0. The van der Waals surface area contributed by atoms with E-state index >= 15 is 0 Å². The summed E-state index contributed by atoms with van der Waals surface area (Å²) in [6.45, 7) is 0.530. The summed E-state index contributed by atoms with van der Waals surface area (Å²) in [5.74, 6) is -2.39. The average molecular weight is 228 g/mol. The van der Waals surface area contributed by atoms with Crippen LogP contribution in [0.3, 0.4) is 0 Å². The Morgan fingerprint density at radius 3 is 2.94 bits per heavy atom. The first-order valence-electron chi connectivity index (χ1n) is 4.91. The van der Waals surface area contributed by atoms with Crippen molar-refractivity contribution in [3.63, 3.8) is 0 Å². The molecule has 86 valence electrons. The van der Waals surface area contributed by atoms with Gasteiger partial charge in [0, 0.05) is 6.61 Å². The van der Waals surface area contributed by atoms with E-state index in [2.05, 4.69) is 10.3 Å². The molecule has 0 saturated carbocycles. The summed E-state index contributed by atoms with van der Waals surface area (Å²) in [4.78, 5) is 14.5. The highest BCUT2D eigenvalue weighted by Gasteiger charge is 2.24. The van der Waals surface area contributed by atoms with Crippen LogP contribution in [0.4, 0.5) is 14.5 Å². The van der Waals surface area contributed by atoms with E-state index in [-0.39, 0.29) is 5.69 Å². The van der Waals surface area contributed by atoms with Gasteiger partial charge in [-0.2, -0.15) is 13.8 Å². The Morgan fingerprint density at radius 2 is 2.31 bits per heavy atom. The molecule has 0 spiro atoms. The molecule has 16 heavy (non-hydrogen) atoms. The van der Waals surface area contributed by atoms with Crippen LogP contribution in [-0.4, -0.2) is 23.6 Å². The largest absolute Gasteiger partial charge is 0.368 e. The molecule has 1 unspecified atom stereocenters. The lowest BCUT2D eigenvalue weighted by Crippen LogP contribution is -2.27. The lowest BCUT2D eigenvalue weighted by molar-refractivity contribution is -0.124. The van der Waals surface area contributed by atoms with Crippen LogP contribution in [0.25, 0.3) is 0 Å². The summed E-state index contributed by atoms with van der Waals surface area (Å²) in [5, 5.41) is 2.31. The van der Waals surface area contributed by atoms with Crippen molar-refractivity contribution < 1.29 is 18.3 Å². The molecule has 1 atom stereocenters. The second-order valence-corrected chi connectivity index (χ2v) is 3.46. The zero-order chi connectivity index (χ0) is 11.5. The van der Waals surface area contributed by atoms with Gasteiger partial charge in [-0.25, -0.2) is 0 Å². The third-order valence-corrected chi connectivity index (χ3v) is 2.29. The van der Waals surface area contributed by atoms with E-state index in [4.69, 9.17) is 4.74 Å². The number of aromatic nitrogens is 1. The van der Waals surface area contributed by atoms with Gasteiger partial charge < -0.3 is 10.1 Å². The standard InChI is InChI=1S/C10H10F2N2O2/c11-8-4-3-6(9(12)14-8)13-10(15)7-2-1-5-16-7/h3-4,7H,1-2,5H2,(H,13,15). The van der Waals surface area contributed by atoms with E-state index in [1.165, 1.54) is 0 Å². The van der Waals surface area contributed by atoms with Crippen LogP contribution in [0.5, 0.6) is 0 Å². The number of nitrogens with zero attached hydrogens (tertiary/aromatic N) is 1. The molecule has 0 radical (unpaired) electrons. The predicted molar refractivity (Wildman–Crippen MR) is 51.8 cm³/mol. The molecular weight excluding hydrogens is 218 g/mol. The normalized spacial score (nSPS) is 19.8. The van der Waals surface area contributed by atoms with Crippen molar-refractivity contribution >= 4 is 11.6 Å². The number of halogens is 2. The van der Waals surface area contributed by atoms with E-state index in [1.807, 2.05) is 0 Å². The number of anilines is 1. The number of ether oxygens (including phenoxy) is 1. The molecule has 1 aromatic heterocycles. The topological polar surface area (TPSA) is 51.2 Å². The molecule has 2 heterocycles. The molecule has 1 fully saturated rings. The van der Waals surface area contributed by atoms with Gasteiger partial charge in [0.25, 0.3) is 5.91 Å². The van der Waals surface area contributed by atoms with Gasteiger partial charge in [-0.3, -0.25) is 4.79 Å². The second-order valence-electron chi connectivity index (χ2n) is 3.46. The maximum absolute atomic E-state index is 13.1. The highest BCUT2D eigenvalue weighted by Crippen LogP contribution is 2.16. The van der Waals surface area contributed by atoms with Crippen LogP contribution in [0.15, 0.2) is 12.1 Å². The summed E-state index contributed by atoms with van der Waals surface area (Å²) in [6, 6.07) is 2.11. The van der Waals surface area contributed by atoms with Crippen molar-refractivity contribution in [2.45, 2.75) is 18.9 Å². The molecule has 1 aliphatic heterocycles. The van der Waals surface area contributed by atoms with Gasteiger partial charge in [-0.05, 0) is 25.0 Å². The SMILES string of the molecule is O=C(Nc1ccc(F)nc1F)C1CCCO1. The minimum absolute atomic E-state index is 0.137. The number of hydrogen-bond donors (Lipinski definition) is 1. The van der Waals surface area contributed by atoms with E-state index in [0.717, 1.165) is 18.6 Å². The number of carbonyl (C=O) groups excluding carboxylic acids is 1. The van der Waals surface area contributed by atoms with Crippen LogP contribution < -0.4 is 5.32 Å². The molecule has 0 aromatic carbocycles. The van der Waals surface area contributed by atoms with Crippen LogP contribution in [-0.2, 0) is 9.53 Å². The quantitative estimate of drug-likeness (QED) is 0.780. The van der Waals surface area contributed by atoms with Crippen molar-refractivity contribution in [1.29, 1.82) is 0 Å². The van der Waals surface area contributed by atoms with Crippen molar-refractivity contribution in [3.05, 3.63) is 24.0 Å². The fourth-order valence-electron chi connectivity index (χ4n) is 1.50. The lowest BCUT2D eigenvalue weighted by Gasteiger charge is -2.10. The number of carbonyl (C=O) groups is 1. The minimum Gasteiger partial charge on any atom is -0.368 e. The molecule has 6 heteroatoms. The first-order valence-corrected chi connectivity index (χ1v) is 4.91. The van der Waals surface area contributed by atoms with Crippen LogP contribution in [0, 0.1) is 11.9 Å². The minimum atomic E-state index is -1.04. The van der Waals surface area contributed by atoms with E-state index in [1.54, 1.807) is 0 Å². The smallest absolute Gasteiger partial charge is 0.253 e. The Bertz CT molecular complexity index is 406. The monoisotopic (exact) mass is 228 g/mol. The molecule has 1 aromatic rings. The third-order valence-electron chi connectivity index (χ3n) is 2.29. The number of pyridine rings is 1. The second kappa shape index (κ2) is 4.52. The maximum atomic E-state index is 13.1. The highest BCUT2D eigenvalue weighted by atomic mass is 19.1. The maximum Gasteiger partial charge on any atom is 0.253 e. The zero-order valence-corrected chi connectivity index (χ0v) is 8.37. The first kappa shape index (κ1) is 10.9. The predicted octanol–water partition coefficient (Wildman–Crippen LogP) is 1.48. The Hall–Kier alpha value is -1.56. The van der Waals surface area contributed by atoms with Gasteiger partial charge >= 0.3 is 0 Å². The lowest BCUT2D eigenvalue weighted by atomic mass is 10.2. The van der Waals surface area contributed by atoms with Crippen LogP contribution >= 0.6 is 0 Å². The fourth-order valence-corrected chi connectivity index (χ4v) is 1.50. The van der Waals surface area contributed by atoms with Crippen molar-refractivity contribution in [2.24, 2.45) is 0 Å². The van der Waals surface area contributed by atoms with Gasteiger partial charge in [0.2, 0.25) is 11.9 Å². The first-order chi connectivity index (χ1) is 7.66. The summed E-state index contributed by atoms with van der Waals surface area (Å²) < 4.78 is 30.7. The van der Waals surface area contributed by atoms with Crippen LogP contribution in [0.1, 0.15) is 12.8 Å². The number of rotatable bonds is 2. The molecule has 0 aliphatic carbocycles. The van der Waals surface area contributed by atoms with E-state index in [0.29, 0.717) is 13.0 Å². The molecule has 1 amide bonds. The van der Waals surface area contributed by atoms with Gasteiger partial charge in [-0.1, -0.05) is 0 Å². The molecular formula is C10H10F2N2O2. The summed E-state index contributed by atoms with van der Waals surface area (Å²) in [5.41, 5.74) is -0.137. The fraction of sp³-hybridized carbons (Fsp3) is 0.400. The van der Waals surface area contributed by atoms with E-state index < -0.39 is 23.9 Å². The van der Waals surface area contributed by atoms with Gasteiger partial charge in [-0.15, -0.1) is 0 Å². The van der Waals surface area contributed by atoms with Crippen molar-refractivity contribution in [2.75, 3.05) is 11.9 Å². The Balaban J connectivity index is 2.05. The molecule has 4 nitrogen and oxygen atoms in total. The van der Waals surface area contributed by atoms with Crippen molar-refractivity contribution in [3.8, 4) is 0 Å². The third kappa shape index (κ3) is 2.33. The van der Waals surface area contributed by atoms with Gasteiger partial charge in [0.15, 0.2) is 0 Å². The molecule has 2 rings (SSSR count).